The molecule has 1 fully saturated rings. The lowest BCUT2D eigenvalue weighted by Gasteiger charge is -2.37. The molecule has 3 heterocycles. The lowest BCUT2D eigenvalue weighted by atomic mass is 10.0. The molecule has 12 heteroatoms. The molecule has 9 nitrogen and oxygen atoms in total. The quantitative estimate of drug-likeness (QED) is 0.653. The highest BCUT2D eigenvalue weighted by Gasteiger charge is 2.32. The Bertz CT molecular complexity index is 838. The SMILES string of the molecule is CCOC(=O)c1cnc(N2CC[C@H](NC(=O)c3nc(Cl)c(Cl)[nH]3)[C@H](OC)C2)s1. The van der Waals surface area contributed by atoms with E-state index in [2.05, 4.69) is 20.3 Å². The van der Waals surface area contributed by atoms with Gasteiger partial charge in [-0.25, -0.2) is 14.8 Å². The second-order valence-electron chi connectivity index (χ2n) is 6.01. The number of piperidine rings is 1. The molecule has 0 bridgehead atoms. The van der Waals surface area contributed by atoms with Gasteiger partial charge >= 0.3 is 5.97 Å². The monoisotopic (exact) mass is 447 g/mol. The predicted molar refractivity (Wildman–Crippen MR) is 106 cm³/mol. The topological polar surface area (TPSA) is 109 Å². The van der Waals surface area contributed by atoms with Crippen LogP contribution >= 0.6 is 34.5 Å². The number of ether oxygens (including phenoxy) is 2. The van der Waals surface area contributed by atoms with E-state index in [1.165, 1.54) is 17.5 Å². The number of aromatic nitrogens is 3. The zero-order valence-electron chi connectivity index (χ0n) is 15.2. The number of halogens is 2. The van der Waals surface area contributed by atoms with E-state index in [4.69, 9.17) is 32.7 Å². The Morgan fingerprint density at radius 2 is 2.25 bits per heavy atom. The molecule has 2 N–H and O–H groups in total. The van der Waals surface area contributed by atoms with Crippen molar-refractivity contribution in [3.63, 3.8) is 0 Å². The van der Waals surface area contributed by atoms with Gasteiger partial charge in [0.1, 0.15) is 10.0 Å². The Morgan fingerprint density at radius 3 is 2.89 bits per heavy atom. The van der Waals surface area contributed by atoms with E-state index in [1.54, 1.807) is 14.0 Å². The standard InChI is InChI=1S/C16H19Cl2N5O4S/c1-3-27-15(25)10-6-19-16(28-10)23-5-4-8(9(7-23)26-2)20-14(24)13-21-11(17)12(18)22-13/h6,8-9H,3-5,7H2,1-2H3,(H,20,24)(H,21,22)/t8-,9+/m0/s1. The van der Waals surface area contributed by atoms with Gasteiger partial charge in [-0.3, -0.25) is 4.79 Å². The number of carbonyl (C=O) groups excluding carboxylic acids is 2. The van der Waals surface area contributed by atoms with Gasteiger partial charge in [0.15, 0.2) is 16.1 Å². The van der Waals surface area contributed by atoms with Crippen LogP contribution in [0.3, 0.4) is 0 Å². The first-order chi connectivity index (χ1) is 13.4. The second-order valence-corrected chi connectivity index (χ2v) is 7.75. The molecule has 2 aromatic rings. The average molecular weight is 448 g/mol. The number of H-pyrrole nitrogens is 1. The highest BCUT2D eigenvalue weighted by atomic mass is 35.5. The summed E-state index contributed by atoms with van der Waals surface area (Å²) in [6.45, 7) is 3.22. The summed E-state index contributed by atoms with van der Waals surface area (Å²) in [5.41, 5.74) is 0. The minimum Gasteiger partial charge on any atom is -0.462 e. The van der Waals surface area contributed by atoms with Gasteiger partial charge < -0.3 is 24.7 Å². The highest BCUT2D eigenvalue weighted by molar-refractivity contribution is 7.17. The van der Waals surface area contributed by atoms with Crippen LogP contribution in [0.2, 0.25) is 10.3 Å². The molecule has 0 aromatic carbocycles. The van der Waals surface area contributed by atoms with Crippen LogP contribution in [0.15, 0.2) is 6.20 Å². The number of thiazole rings is 1. The number of imidazole rings is 1. The van der Waals surface area contributed by atoms with Gasteiger partial charge in [0.2, 0.25) is 0 Å². The normalized spacial score (nSPS) is 19.5. The Kier molecular flexibility index (Phi) is 6.76. The molecule has 152 valence electrons. The zero-order valence-corrected chi connectivity index (χ0v) is 17.5. The van der Waals surface area contributed by atoms with E-state index in [-0.39, 0.29) is 34.2 Å². The molecule has 1 saturated heterocycles. The number of rotatable bonds is 6. The molecular weight excluding hydrogens is 429 g/mol. The number of carbonyl (C=O) groups is 2. The summed E-state index contributed by atoms with van der Waals surface area (Å²) in [5, 5.41) is 3.77. The number of nitrogens with zero attached hydrogens (tertiary/aromatic N) is 3. The van der Waals surface area contributed by atoms with Crippen molar-refractivity contribution in [1.82, 2.24) is 20.3 Å². The van der Waals surface area contributed by atoms with Gasteiger partial charge in [0, 0.05) is 20.2 Å². The molecular formula is C16H19Cl2N5O4S. The minimum atomic E-state index is -0.409. The molecule has 1 amide bonds. The fourth-order valence-electron chi connectivity index (χ4n) is 2.88. The fourth-order valence-corrected chi connectivity index (χ4v) is 3.99. The molecule has 3 rings (SSSR count). The lowest BCUT2D eigenvalue weighted by Crippen LogP contribution is -2.55. The van der Waals surface area contributed by atoms with Crippen molar-refractivity contribution in [3.8, 4) is 0 Å². The summed E-state index contributed by atoms with van der Waals surface area (Å²) < 4.78 is 10.6. The van der Waals surface area contributed by atoms with Crippen LogP contribution < -0.4 is 10.2 Å². The maximum Gasteiger partial charge on any atom is 0.350 e. The Hall–Kier alpha value is -1.88. The van der Waals surface area contributed by atoms with Crippen molar-refractivity contribution < 1.29 is 19.1 Å². The Labute approximate surface area is 175 Å². The van der Waals surface area contributed by atoms with E-state index in [0.29, 0.717) is 36.1 Å². The molecule has 2 atom stereocenters. The number of hydrogen-bond donors (Lipinski definition) is 2. The summed E-state index contributed by atoms with van der Waals surface area (Å²) in [7, 11) is 1.58. The van der Waals surface area contributed by atoms with Crippen LogP contribution in [0.25, 0.3) is 0 Å². The molecule has 0 unspecified atom stereocenters. The molecule has 28 heavy (non-hydrogen) atoms. The van der Waals surface area contributed by atoms with Crippen molar-refractivity contribution in [3.05, 3.63) is 27.2 Å². The molecule has 0 aliphatic carbocycles. The van der Waals surface area contributed by atoms with E-state index >= 15 is 0 Å². The number of aromatic amines is 1. The van der Waals surface area contributed by atoms with Gasteiger partial charge in [-0.15, -0.1) is 0 Å². The predicted octanol–water partition coefficient (Wildman–Crippen LogP) is 2.37. The number of nitrogens with one attached hydrogen (secondary N) is 2. The van der Waals surface area contributed by atoms with E-state index in [0.717, 1.165) is 0 Å². The van der Waals surface area contributed by atoms with Gasteiger partial charge in [-0.1, -0.05) is 34.5 Å². The van der Waals surface area contributed by atoms with Crippen LogP contribution in [0.5, 0.6) is 0 Å². The number of hydrogen-bond acceptors (Lipinski definition) is 8. The second kappa shape index (κ2) is 9.08. The average Bonchev–Trinajstić information content (AvgIpc) is 3.30. The van der Waals surface area contributed by atoms with Crippen molar-refractivity contribution in [2.45, 2.75) is 25.5 Å². The van der Waals surface area contributed by atoms with Gasteiger partial charge in [0.05, 0.1) is 24.9 Å². The van der Waals surface area contributed by atoms with Crippen LogP contribution in [-0.2, 0) is 9.47 Å². The number of amides is 1. The minimum absolute atomic E-state index is 0.0473. The van der Waals surface area contributed by atoms with Gasteiger partial charge in [-0.05, 0) is 13.3 Å². The third-order valence-corrected chi connectivity index (χ3v) is 5.94. The van der Waals surface area contributed by atoms with Crippen molar-refractivity contribution >= 4 is 51.5 Å². The van der Waals surface area contributed by atoms with Gasteiger partial charge in [0.25, 0.3) is 5.91 Å². The molecule has 0 saturated carbocycles. The molecule has 2 aromatic heterocycles. The molecule has 0 spiro atoms. The number of anilines is 1. The molecule has 1 aliphatic rings. The van der Waals surface area contributed by atoms with Crippen LogP contribution in [0.1, 0.15) is 33.6 Å². The number of methoxy groups -OCH3 is 1. The number of esters is 1. The third kappa shape index (κ3) is 4.57. The van der Waals surface area contributed by atoms with Crippen LogP contribution in [0.4, 0.5) is 5.13 Å². The summed E-state index contributed by atoms with van der Waals surface area (Å²) in [4.78, 5) is 37.5. The van der Waals surface area contributed by atoms with Crippen molar-refractivity contribution in [1.29, 1.82) is 0 Å². The first-order valence-electron chi connectivity index (χ1n) is 8.55. The fraction of sp³-hybridized carbons (Fsp3) is 0.500. The summed E-state index contributed by atoms with van der Waals surface area (Å²) in [6.07, 6.45) is 1.87. The Balaban J connectivity index is 1.63. The summed E-state index contributed by atoms with van der Waals surface area (Å²) >= 11 is 12.9. The smallest absolute Gasteiger partial charge is 0.350 e. The zero-order chi connectivity index (χ0) is 20.3. The summed E-state index contributed by atoms with van der Waals surface area (Å²) in [6, 6.07) is -0.221. The maximum absolute atomic E-state index is 12.4. The molecule has 0 radical (unpaired) electrons. The van der Waals surface area contributed by atoms with Crippen LogP contribution in [-0.4, -0.2) is 65.8 Å². The van der Waals surface area contributed by atoms with E-state index in [9.17, 15) is 9.59 Å². The summed E-state index contributed by atoms with van der Waals surface area (Å²) in [5.74, 6) is -0.744. The third-order valence-electron chi connectivity index (χ3n) is 4.25. The van der Waals surface area contributed by atoms with Crippen LogP contribution in [0, 0.1) is 0 Å². The lowest BCUT2D eigenvalue weighted by molar-refractivity contribution is 0.0530. The van der Waals surface area contributed by atoms with E-state index < -0.39 is 5.91 Å². The Morgan fingerprint density at radius 1 is 1.46 bits per heavy atom. The van der Waals surface area contributed by atoms with E-state index in [1.807, 2.05) is 4.90 Å². The largest absolute Gasteiger partial charge is 0.462 e. The first kappa shape index (κ1) is 20.8. The first-order valence-corrected chi connectivity index (χ1v) is 10.1. The van der Waals surface area contributed by atoms with Crippen molar-refractivity contribution in [2.75, 3.05) is 31.7 Å². The van der Waals surface area contributed by atoms with Gasteiger partial charge in [-0.2, -0.15) is 0 Å². The maximum atomic E-state index is 12.4. The molecule has 1 aliphatic heterocycles. The highest BCUT2D eigenvalue weighted by Crippen LogP contribution is 2.27. The van der Waals surface area contributed by atoms with Crippen molar-refractivity contribution in [2.24, 2.45) is 0 Å².